The van der Waals surface area contributed by atoms with Gasteiger partial charge in [-0.2, -0.15) is 0 Å². The number of alkyl halides is 2. The van der Waals surface area contributed by atoms with Crippen LogP contribution in [-0.2, 0) is 16.1 Å². The molecule has 0 fully saturated rings. The maximum Gasteiger partial charge on any atom is 0.407 e. The fourth-order valence-corrected chi connectivity index (χ4v) is 3.23. The molecule has 6 nitrogen and oxygen atoms in total. The van der Waals surface area contributed by atoms with Gasteiger partial charge in [-0.3, -0.25) is 4.57 Å². The lowest BCUT2D eigenvalue weighted by Crippen LogP contribution is -2.37. The van der Waals surface area contributed by atoms with Crippen LogP contribution in [0.3, 0.4) is 0 Å². The minimum atomic E-state index is -0.476. The van der Waals surface area contributed by atoms with E-state index in [2.05, 4.69) is 55.5 Å². The molecule has 0 radical (unpaired) electrons. The number of benzene rings is 1. The zero-order valence-electron chi connectivity index (χ0n) is 13.9. The smallest absolute Gasteiger partial charge is 0.407 e. The van der Waals surface area contributed by atoms with Crippen molar-refractivity contribution in [1.82, 2.24) is 14.9 Å². The third-order valence-electron chi connectivity index (χ3n) is 3.36. The predicted octanol–water partition coefficient (Wildman–Crippen LogP) is 3.96. The number of thiocarbonyl (C=S) groups is 1. The number of hydrogen-bond acceptors (Lipinski definition) is 5. The van der Waals surface area contributed by atoms with Crippen LogP contribution in [0.5, 0.6) is 0 Å². The van der Waals surface area contributed by atoms with Crippen molar-refractivity contribution in [2.75, 3.05) is 11.0 Å². The van der Waals surface area contributed by atoms with Gasteiger partial charge in [0.05, 0.1) is 6.54 Å². The van der Waals surface area contributed by atoms with E-state index in [4.69, 9.17) is 21.7 Å². The summed E-state index contributed by atoms with van der Waals surface area (Å²) >= 11 is 9.99. The van der Waals surface area contributed by atoms with Gasteiger partial charge in [-0.15, -0.1) is 0 Å². The van der Waals surface area contributed by atoms with Gasteiger partial charge in [0.15, 0.2) is 0 Å². The molecule has 2 rings (SSSR count). The number of hydrogen-bond donors (Lipinski definition) is 1. The fourth-order valence-electron chi connectivity index (χ4n) is 2.06. The topological polar surface area (TPSA) is 65.4 Å². The highest BCUT2D eigenvalue weighted by atomic mass is 127. The van der Waals surface area contributed by atoms with Gasteiger partial charge in [0.25, 0.3) is 5.17 Å². The van der Waals surface area contributed by atoms with Gasteiger partial charge in [-0.25, -0.2) is 9.78 Å². The molecule has 140 valence electrons. The monoisotopic (exact) mass is 599 g/mol. The first-order chi connectivity index (χ1) is 12.6. The number of amides is 1. The van der Waals surface area contributed by atoms with Gasteiger partial charge < -0.3 is 14.8 Å². The largest absolute Gasteiger partial charge is 0.465 e. The normalized spacial score (nSPS) is 12.8. The molecule has 0 aliphatic rings. The van der Waals surface area contributed by atoms with E-state index in [0.29, 0.717) is 15.6 Å². The van der Waals surface area contributed by atoms with E-state index in [0.717, 1.165) is 16.4 Å². The molecule has 1 heterocycles. The van der Waals surface area contributed by atoms with Crippen LogP contribution in [0.2, 0.25) is 0 Å². The van der Waals surface area contributed by atoms with Crippen LogP contribution in [-0.4, -0.2) is 41.8 Å². The zero-order valence-corrected chi connectivity index (χ0v) is 19.0. The summed E-state index contributed by atoms with van der Waals surface area (Å²) in [5, 5.41) is 3.07. The third kappa shape index (κ3) is 7.74. The first kappa shape index (κ1) is 21.4. The zero-order chi connectivity index (χ0) is 18.8. The number of carbonyl (C=O) groups excluding carboxylic acids is 1. The Morgan fingerprint density at radius 2 is 2.12 bits per heavy atom. The highest BCUT2D eigenvalue weighted by molar-refractivity contribution is 14.1. The molecule has 26 heavy (non-hydrogen) atoms. The summed E-state index contributed by atoms with van der Waals surface area (Å²) in [7, 11) is 0. The molecular weight excluding hydrogens is 580 g/mol. The Bertz CT molecular complexity index is 686. The predicted molar refractivity (Wildman–Crippen MR) is 121 cm³/mol. The summed E-state index contributed by atoms with van der Waals surface area (Å²) in [6.45, 7) is 0.549. The third-order valence-corrected chi connectivity index (χ3v) is 7.36. The molecule has 9 heteroatoms. The number of nitrogens with one attached hydrogen (secondary N) is 1. The van der Waals surface area contributed by atoms with Gasteiger partial charge in [0, 0.05) is 20.7 Å². The van der Waals surface area contributed by atoms with Crippen molar-refractivity contribution in [2.24, 2.45) is 0 Å². The molecule has 2 aromatic rings. The molecule has 1 aromatic carbocycles. The van der Waals surface area contributed by atoms with Crippen molar-refractivity contribution in [2.45, 2.75) is 23.1 Å². The molecule has 1 aromatic heterocycles. The van der Waals surface area contributed by atoms with Crippen molar-refractivity contribution in [3.8, 4) is 0 Å². The molecule has 0 saturated carbocycles. The highest BCUT2D eigenvalue weighted by Crippen LogP contribution is 2.15. The van der Waals surface area contributed by atoms with Gasteiger partial charge in [0.2, 0.25) is 0 Å². The summed E-state index contributed by atoms with van der Waals surface area (Å²) in [6, 6.07) is 9.54. The average molecular weight is 599 g/mol. The van der Waals surface area contributed by atoms with Gasteiger partial charge >= 0.3 is 6.09 Å². The Morgan fingerprint density at radius 3 is 2.77 bits per heavy atom. The quantitative estimate of drug-likeness (QED) is 0.283. The molecule has 1 N–H and O–H groups in total. The summed E-state index contributed by atoms with van der Waals surface area (Å²) in [5.74, 6) is 0. The van der Waals surface area contributed by atoms with Gasteiger partial charge in [-0.05, 0) is 24.2 Å². The fraction of sp³-hybridized carbons (Fsp3) is 0.353. The molecule has 1 amide bonds. The lowest BCUT2D eigenvalue weighted by atomic mass is 10.2. The number of alkyl carbamates (subject to hydrolysis) is 1. The van der Waals surface area contributed by atoms with Crippen LogP contribution in [0, 0.1) is 0 Å². The van der Waals surface area contributed by atoms with E-state index in [1.165, 1.54) is 0 Å². The second-order valence-corrected chi connectivity index (χ2v) is 8.40. The minimum Gasteiger partial charge on any atom is -0.465 e. The van der Waals surface area contributed by atoms with Crippen LogP contribution in [0.4, 0.5) is 4.79 Å². The van der Waals surface area contributed by atoms with Crippen molar-refractivity contribution < 1.29 is 14.3 Å². The Kier molecular flexibility index (Phi) is 9.61. The lowest BCUT2D eigenvalue weighted by molar-refractivity contribution is 0.126. The van der Waals surface area contributed by atoms with Crippen LogP contribution in [0.15, 0.2) is 49.1 Å². The van der Waals surface area contributed by atoms with E-state index in [1.54, 1.807) is 23.3 Å². The summed E-state index contributed by atoms with van der Waals surface area (Å²) in [4.78, 5) is 15.9. The molecule has 0 saturated heterocycles. The molecule has 2 atom stereocenters. The van der Waals surface area contributed by atoms with Crippen molar-refractivity contribution in [3.05, 3.63) is 54.6 Å². The van der Waals surface area contributed by atoms with Crippen LogP contribution in [0.1, 0.15) is 12.0 Å². The molecule has 0 aliphatic heterocycles. The Hall–Kier alpha value is -0.950. The number of imidazole rings is 1. The van der Waals surface area contributed by atoms with Gasteiger partial charge in [-0.1, -0.05) is 75.5 Å². The summed E-state index contributed by atoms with van der Waals surface area (Å²) < 4.78 is 14.1. The Balaban J connectivity index is 1.83. The Labute approximate surface area is 185 Å². The van der Waals surface area contributed by atoms with E-state index >= 15 is 0 Å². The molecule has 0 bridgehead atoms. The molecular formula is C17H19I2N3O3S. The Morgan fingerprint density at radius 1 is 1.35 bits per heavy atom. The number of aromatic nitrogens is 2. The number of halogens is 2. The van der Waals surface area contributed by atoms with Crippen LogP contribution >= 0.6 is 57.4 Å². The van der Waals surface area contributed by atoms with Gasteiger partial charge in [0.1, 0.15) is 19.0 Å². The lowest BCUT2D eigenvalue weighted by Gasteiger charge is -2.21. The van der Waals surface area contributed by atoms with E-state index < -0.39 is 6.09 Å². The second-order valence-electron chi connectivity index (χ2n) is 5.41. The van der Waals surface area contributed by atoms with Crippen LogP contribution in [0.25, 0.3) is 0 Å². The standard InChI is InChI=1S/C17H19I2N3O3S/c18-9-14(19)8-15(25-17(26)22-7-6-20-12-22)10-21-16(23)24-11-13-4-2-1-3-5-13/h1-7,12,14-15H,8-11H2,(H,21,23)/t14-,15+/m1/s1. The van der Waals surface area contributed by atoms with E-state index in [1.807, 2.05) is 30.3 Å². The van der Waals surface area contributed by atoms with E-state index in [9.17, 15) is 4.79 Å². The molecule has 0 aliphatic carbocycles. The highest BCUT2D eigenvalue weighted by Gasteiger charge is 2.19. The first-order valence-corrected chi connectivity index (χ1v) is 11.1. The maximum absolute atomic E-state index is 12.0. The second kappa shape index (κ2) is 11.7. The number of carbonyl (C=O) groups is 1. The van der Waals surface area contributed by atoms with Crippen LogP contribution < -0.4 is 5.32 Å². The van der Waals surface area contributed by atoms with Crippen molar-refractivity contribution in [3.63, 3.8) is 0 Å². The molecule has 0 spiro atoms. The summed E-state index contributed by atoms with van der Waals surface area (Å²) in [6.07, 6.45) is 4.98. The maximum atomic E-state index is 12.0. The number of nitrogens with zero attached hydrogens (tertiary/aromatic N) is 2. The first-order valence-electron chi connectivity index (χ1n) is 7.92. The number of rotatable bonds is 8. The number of ether oxygens (including phenoxy) is 2. The summed E-state index contributed by atoms with van der Waals surface area (Å²) in [5.41, 5.74) is 0.939. The average Bonchev–Trinajstić information content (AvgIpc) is 3.20. The van der Waals surface area contributed by atoms with E-state index in [-0.39, 0.29) is 12.7 Å². The minimum absolute atomic E-state index is 0.230. The molecule has 0 unspecified atom stereocenters. The SMILES string of the molecule is O=C(NC[C@H](C[C@@H](I)CI)OC(=S)n1ccnc1)OCc1ccccc1. The van der Waals surface area contributed by atoms with Crippen molar-refractivity contribution >= 4 is 68.7 Å². The van der Waals surface area contributed by atoms with Crippen molar-refractivity contribution in [1.29, 1.82) is 0 Å².